The molecule has 0 aliphatic heterocycles. The molecule has 2 N–H and O–H groups in total. The van der Waals surface area contributed by atoms with Gasteiger partial charge < -0.3 is 5.73 Å². The van der Waals surface area contributed by atoms with Gasteiger partial charge in [-0.2, -0.15) is 0 Å². The SMILES string of the molecule is Cc1cnc(Cl)c(CCN)c1. The lowest BCUT2D eigenvalue weighted by Crippen LogP contribution is -2.03. The van der Waals surface area contributed by atoms with Gasteiger partial charge in [0.15, 0.2) is 0 Å². The largest absolute Gasteiger partial charge is 0.330 e. The van der Waals surface area contributed by atoms with Gasteiger partial charge in [-0.1, -0.05) is 17.7 Å². The van der Waals surface area contributed by atoms with Crippen LogP contribution in [-0.4, -0.2) is 11.5 Å². The maximum Gasteiger partial charge on any atom is 0.132 e. The van der Waals surface area contributed by atoms with E-state index in [1.54, 1.807) is 6.20 Å². The second kappa shape index (κ2) is 3.69. The minimum Gasteiger partial charge on any atom is -0.330 e. The van der Waals surface area contributed by atoms with E-state index in [1.165, 1.54) is 0 Å². The molecule has 11 heavy (non-hydrogen) atoms. The van der Waals surface area contributed by atoms with E-state index in [4.69, 9.17) is 17.3 Å². The van der Waals surface area contributed by atoms with Crippen molar-refractivity contribution in [2.24, 2.45) is 5.73 Å². The molecule has 1 heterocycles. The van der Waals surface area contributed by atoms with Crippen LogP contribution in [0.1, 0.15) is 11.1 Å². The monoisotopic (exact) mass is 170 g/mol. The quantitative estimate of drug-likeness (QED) is 0.684. The number of halogens is 1. The fourth-order valence-corrected chi connectivity index (χ4v) is 1.14. The number of pyridine rings is 1. The van der Waals surface area contributed by atoms with Crippen molar-refractivity contribution in [1.29, 1.82) is 0 Å². The molecule has 0 spiro atoms. The first-order valence-corrected chi connectivity index (χ1v) is 3.93. The fourth-order valence-electron chi connectivity index (χ4n) is 0.944. The molecule has 0 saturated heterocycles. The van der Waals surface area contributed by atoms with E-state index in [9.17, 15) is 0 Å². The maximum atomic E-state index is 5.81. The topological polar surface area (TPSA) is 38.9 Å². The minimum absolute atomic E-state index is 0.570. The Morgan fingerprint density at radius 3 is 3.00 bits per heavy atom. The van der Waals surface area contributed by atoms with Gasteiger partial charge in [-0.15, -0.1) is 0 Å². The van der Waals surface area contributed by atoms with Crippen molar-refractivity contribution in [1.82, 2.24) is 4.98 Å². The van der Waals surface area contributed by atoms with Crippen molar-refractivity contribution in [2.75, 3.05) is 6.54 Å². The van der Waals surface area contributed by atoms with Gasteiger partial charge in [-0.25, -0.2) is 4.98 Å². The van der Waals surface area contributed by atoms with Gasteiger partial charge in [-0.3, -0.25) is 0 Å². The van der Waals surface area contributed by atoms with Crippen molar-refractivity contribution < 1.29 is 0 Å². The zero-order valence-corrected chi connectivity index (χ0v) is 7.23. The summed E-state index contributed by atoms with van der Waals surface area (Å²) in [5.41, 5.74) is 7.55. The summed E-state index contributed by atoms with van der Waals surface area (Å²) in [6, 6.07) is 2.02. The Morgan fingerprint density at radius 1 is 1.64 bits per heavy atom. The summed E-state index contributed by atoms with van der Waals surface area (Å²) in [5, 5.41) is 0.570. The second-order valence-corrected chi connectivity index (χ2v) is 2.86. The molecule has 3 heteroatoms. The highest BCUT2D eigenvalue weighted by molar-refractivity contribution is 6.30. The van der Waals surface area contributed by atoms with Gasteiger partial charge in [0.25, 0.3) is 0 Å². The van der Waals surface area contributed by atoms with Crippen LogP contribution in [0.25, 0.3) is 0 Å². The van der Waals surface area contributed by atoms with Crippen molar-refractivity contribution in [3.63, 3.8) is 0 Å². The van der Waals surface area contributed by atoms with Crippen LogP contribution in [-0.2, 0) is 6.42 Å². The highest BCUT2D eigenvalue weighted by Gasteiger charge is 1.99. The molecule has 2 nitrogen and oxygen atoms in total. The van der Waals surface area contributed by atoms with Crippen LogP contribution in [0, 0.1) is 6.92 Å². The molecular formula is C8H11ClN2. The summed E-state index contributed by atoms with van der Waals surface area (Å²) in [6.45, 7) is 2.61. The van der Waals surface area contributed by atoms with Crippen LogP contribution in [0.5, 0.6) is 0 Å². The average molecular weight is 171 g/mol. The zero-order valence-electron chi connectivity index (χ0n) is 6.47. The predicted octanol–water partition coefficient (Wildman–Crippen LogP) is 1.54. The smallest absolute Gasteiger partial charge is 0.132 e. The van der Waals surface area contributed by atoms with Crippen LogP contribution in [0.2, 0.25) is 5.15 Å². The van der Waals surface area contributed by atoms with E-state index in [1.807, 2.05) is 13.0 Å². The Morgan fingerprint density at radius 2 is 2.36 bits per heavy atom. The first-order chi connectivity index (χ1) is 5.24. The summed E-state index contributed by atoms with van der Waals surface area (Å²) in [4.78, 5) is 4.01. The second-order valence-electron chi connectivity index (χ2n) is 2.50. The highest BCUT2D eigenvalue weighted by Crippen LogP contribution is 2.13. The van der Waals surface area contributed by atoms with Gasteiger partial charge >= 0.3 is 0 Å². The molecule has 0 saturated carbocycles. The lowest BCUT2D eigenvalue weighted by Gasteiger charge is -2.01. The summed E-state index contributed by atoms with van der Waals surface area (Å²) in [7, 11) is 0. The van der Waals surface area contributed by atoms with Gasteiger partial charge in [0.2, 0.25) is 0 Å². The Kier molecular flexibility index (Phi) is 2.85. The lowest BCUT2D eigenvalue weighted by molar-refractivity contribution is 0.955. The molecule has 0 unspecified atom stereocenters. The van der Waals surface area contributed by atoms with Crippen LogP contribution in [0.4, 0.5) is 0 Å². The number of aromatic nitrogens is 1. The molecule has 0 amide bonds. The Bertz CT molecular complexity index is 248. The number of hydrogen-bond acceptors (Lipinski definition) is 2. The average Bonchev–Trinajstić information content (AvgIpc) is 1.98. The summed E-state index contributed by atoms with van der Waals surface area (Å²) in [5.74, 6) is 0. The van der Waals surface area contributed by atoms with E-state index in [2.05, 4.69) is 4.98 Å². The van der Waals surface area contributed by atoms with Crippen molar-refractivity contribution >= 4 is 11.6 Å². The number of nitrogens with zero attached hydrogens (tertiary/aromatic N) is 1. The molecule has 1 aromatic heterocycles. The normalized spacial score (nSPS) is 10.1. The third-order valence-corrected chi connectivity index (χ3v) is 1.80. The number of nitrogens with two attached hydrogens (primary N) is 1. The van der Waals surface area contributed by atoms with E-state index in [0.29, 0.717) is 11.7 Å². The maximum absolute atomic E-state index is 5.81. The predicted molar refractivity (Wildman–Crippen MR) is 46.7 cm³/mol. The molecule has 0 aliphatic carbocycles. The molecule has 0 bridgehead atoms. The van der Waals surface area contributed by atoms with Crippen LogP contribution >= 0.6 is 11.6 Å². The number of aryl methyl sites for hydroxylation is 1. The highest BCUT2D eigenvalue weighted by atomic mass is 35.5. The molecule has 0 aliphatic rings. The Hall–Kier alpha value is -0.600. The molecule has 60 valence electrons. The standard InChI is InChI=1S/C8H11ClN2/c1-6-4-7(2-3-10)8(9)11-5-6/h4-5H,2-3,10H2,1H3. The first-order valence-electron chi connectivity index (χ1n) is 3.55. The molecule has 0 radical (unpaired) electrons. The van der Waals surface area contributed by atoms with Crippen molar-refractivity contribution in [2.45, 2.75) is 13.3 Å². The molecule has 1 rings (SSSR count). The lowest BCUT2D eigenvalue weighted by atomic mass is 10.2. The van der Waals surface area contributed by atoms with Crippen molar-refractivity contribution in [3.8, 4) is 0 Å². The summed E-state index contributed by atoms with van der Waals surface area (Å²) >= 11 is 5.81. The Balaban J connectivity index is 2.93. The van der Waals surface area contributed by atoms with Gasteiger partial charge in [0, 0.05) is 6.20 Å². The molecule has 1 aromatic rings. The van der Waals surface area contributed by atoms with Crippen LogP contribution in [0.15, 0.2) is 12.3 Å². The van der Waals surface area contributed by atoms with Gasteiger partial charge in [0.1, 0.15) is 5.15 Å². The van der Waals surface area contributed by atoms with Gasteiger partial charge in [-0.05, 0) is 31.0 Å². The van der Waals surface area contributed by atoms with Crippen LogP contribution < -0.4 is 5.73 Å². The third-order valence-electron chi connectivity index (χ3n) is 1.46. The summed E-state index contributed by atoms with van der Waals surface area (Å²) < 4.78 is 0. The Labute approximate surface area is 71.4 Å². The van der Waals surface area contributed by atoms with E-state index < -0.39 is 0 Å². The molecule has 0 aromatic carbocycles. The minimum atomic E-state index is 0.570. The molecule has 0 fully saturated rings. The number of hydrogen-bond donors (Lipinski definition) is 1. The summed E-state index contributed by atoms with van der Waals surface area (Å²) in [6.07, 6.45) is 2.55. The van der Waals surface area contributed by atoms with Crippen LogP contribution in [0.3, 0.4) is 0 Å². The van der Waals surface area contributed by atoms with E-state index in [0.717, 1.165) is 17.5 Å². The fraction of sp³-hybridized carbons (Fsp3) is 0.375. The van der Waals surface area contributed by atoms with E-state index >= 15 is 0 Å². The molecule has 0 atom stereocenters. The zero-order chi connectivity index (χ0) is 8.27. The van der Waals surface area contributed by atoms with Crippen molar-refractivity contribution in [3.05, 3.63) is 28.5 Å². The third kappa shape index (κ3) is 2.17. The van der Waals surface area contributed by atoms with E-state index in [-0.39, 0.29) is 0 Å². The van der Waals surface area contributed by atoms with Gasteiger partial charge in [0.05, 0.1) is 0 Å². The molecular weight excluding hydrogens is 160 g/mol. The first kappa shape index (κ1) is 8.50. The number of rotatable bonds is 2.